The number of nitrogens with zero attached hydrogens (tertiary/aromatic N) is 1. The van der Waals surface area contributed by atoms with E-state index in [0.717, 1.165) is 22.2 Å². The zero-order valence-electron chi connectivity index (χ0n) is 18.7. The molecule has 2 aromatic heterocycles. The van der Waals surface area contributed by atoms with E-state index in [2.05, 4.69) is 54.6 Å². The minimum atomic E-state index is -0.953. The summed E-state index contributed by atoms with van der Waals surface area (Å²) in [6.07, 6.45) is 0. The first kappa shape index (κ1) is 21.1. The number of aromatic nitrogens is 1. The maximum Gasteiger partial charge on any atom is 0.330 e. The van der Waals surface area contributed by atoms with Crippen molar-refractivity contribution in [3.8, 4) is 11.3 Å². The first-order chi connectivity index (χ1) is 15.2. The summed E-state index contributed by atoms with van der Waals surface area (Å²) in [6.45, 7) is 7.28. The molecule has 3 aromatic carbocycles. The van der Waals surface area contributed by atoms with Crippen LogP contribution in [0.1, 0.15) is 27.7 Å². The monoisotopic (exact) mass is 438 g/mol. The Morgan fingerprint density at radius 1 is 0.844 bits per heavy atom. The van der Waals surface area contributed by atoms with E-state index in [9.17, 15) is 5.11 Å². The number of benzene rings is 3. The number of fused-ring (bicyclic) bond motifs is 5. The zero-order valence-corrected chi connectivity index (χ0v) is 19.5. The minimum Gasteiger partial charge on any atom is -0.427 e. The van der Waals surface area contributed by atoms with E-state index < -0.39 is 11.2 Å². The molecule has 0 saturated heterocycles. The van der Waals surface area contributed by atoms with Crippen LogP contribution >= 0.6 is 11.3 Å². The van der Waals surface area contributed by atoms with Crippen LogP contribution in [0.5, 0.6) is 0 Å². The van der Waals surface area contributed by atoms with Gasteiger partial charge >= 0.3 is 7.48 Å². The second-order valence-corrected chi connectivity index (χ2v) is 10.3. The molecule has 0 aliphatic heterocycles. The Balaban J connectivity index is 1.57. The van der Waals surface area contributed by atoms with Crippen molar-refractivity contribution in [2.45, 2.75) is 38.9 Å². The Morgan fingerprint density at radius 2 is 1.50 bits per heavy atom. The van der Waals surface area contributed by atoms with Crippen LogP contribution in [-0.4, -0.2) is 28.8 Å². The van der Waals surface area contributed by atoms with Crippen LogP contribution in [0.2, 0.25) is 0 Å². The van der Waals surface area contributed by atoms with Crippen LogP contribution in [-0.2, 0) is 4.65 Å². The van der Waals surface area contributed by atoms with Crippen LogP contribution < -0.4 is 5.46 Å². The third-order valence-corrected chi connectivity index (χ3v) is 7.54. The average molecular weight is 438 g/mol. The molecule has 0 fully saturated rings. The van der Waals surface area contributed by atoms with E-state index in [0.29, 0.717) is 0 Å². The van der Waals surface area contributed by atoms with Gasteiger partial charge in [0.2, 0.25) is 0 Å². The molecule has 0 saturated carbocycles. The topological polar surface area (TPSA) is 42.4 Å². The van der Waals surface area contributed by atoms with Crippen LogP contribution in [0.25, 0.3) is 42.3 Å². The van der Waals surface area contributed by atoms with Gasteiger partial charge in [0, 0.05) is 26.4 Å². The van der Waals surface area contributed by atoms with Gasteiger partial charge in [0.25, 0.3) is 0 Å². The summed E-state index contributed by atoms with van der Waals surface area (Å²) in [5, 5.41) is 14.1. The maximum absolute atomic E-state index is 10.3. The molecule has 5 aromatic rings. The molecule has 32 heavy (non-hydrogen) atoms. The van der Waals surface area contributed by atoms with Crippen LogP contribution in [0.3, 0.4) is 0 Å². The minimum absolute atomic E-state index is 0.700. The molecule has 5 rings (SSSR count). The third kappa shape index (κ3) is 3.60. The fraction of sp³-hybridized carbons (Fsp3) is 0.222. The normalized spacial score (nSPS) is 12.7. The lowest BCUT2D eigenvalue weighted by molar-refractivity contribution is -0.0893. The molecule has 0 bridgehead atoms. The van der Waals surface area contributed by atoms with Crippen molar-refractivity contribution in [1.29, 1.82) is 0 Å². The van der Waals surface area contributed by atoms with Gasteiger partial charge < -0.3 is 9.76 Å². The number of hydrogen-bond acceptors (Lipinski definition) is 4. The molecule has 0 atom stereocenters. The second kappa shape index (κ2) is 7.70. The van der Waals surface area contributed by atoms with Gasteiger partial charge in [-0.05, 0) is 39.8 Å². The Hall–Kier alpha value is -2.73. The fourth-order valence-corrected chi connectivity index (χ4v) is 4.94. The number of thiophene rings is 1. The van der Waals surface area contributed by atoms with E-state index in [1.165, 1.54) is 25.6 Å². The number of aliphatic hydroxyl groups is 1. The second-order valence-electron chi connectivity index (χ2n) is 9.21. The SMILES string of the molecule is CC(C)(O)C(C)(C)O[B]c1ccc(-c2nc3ccccc3c3c2sc2ccccc23)cc1. The predicted octanol–water partition coefficient (Wildman–Crippen LogP) is 6.08. The van der Waals surface area contributed by atoms with Gasteiger partial charge in [0.15, 0.2) is 0 Å². The third-order valence-electron chi connectivity index (χ3n) is 6.36. The van der Waals surface area contributed by atoms with Crippen molar-refractivity contribution in [3.05, 3.63) is 72.8 Å². The summed E-state index contributed by atoms with van der Waals surface area (Å²) >= 11 is 1.80. The number of pyridine rings is 1. The Morgan fingerprint density at radius 3 is 2.22 bits per heavy atom. The highest BCUT2D eigenvalue weighted by molar-refractivity contribution is 7.26. The lowest BCUT2D eigenvalue weighted by Gasteiger charge is -2.37. The molecule has 0 aliphatic carbocycles. The predicted molar refractivity (Wildman–Crippen MR) is 137 cm³/mol. The molecule has 0 spiro atoms. The highest BCUT2D eigenvalue weighted by atomic mass is 32.1. The summed E-state index contributed by atoms with van der Waals surface area (Å²) in [6, 6.07) is 25.2. The first-order valence-corrected chi connectivity index (χ1v) is 11.6. The van der Waals surface area contributed by atoms with Crippen molar-refractivity contribution < 1.29 is 9.76 Å². The molecule has 2 heterocycles. The van der Waals surface area contributed by atoms with E-state index in [-0.39, 0.29) is 0 Å². The Bertz CT molecular complexity index is 1430. The fourth-order valence-electron chi connectivity index (χ4n) is 3.71. The zero-order chi connectivity index (χ0) is 22.5. The Kier molecular flexibility index (Phi) is 5.08. The molecule has 1 N–H and O–H groups in total. The summed E-state index contributed by atoms with van der Waals surface area (Å²) in [5.41, 5.74) is 2.37. The van der Waals surface area contributed by atoms with Gasteiger partial charge in [-0.1, -0.05) is 66.1 Å². The highest BCUT2D eigenvalue weighted by Gasteiger charge is 2.35. The Labute approximate surface area is 193 Å². The van der Waals surface area contributed by atoms with Crippen molar-refractivity contribution in [3.63, 3.8) is 0 Å². The quantitative estimate of drug-likeness (QED) is 0.338. The molecular formula is C27H25BNO2S. The lowest BCUT2D eigenvalue weighted by atomic mass is 9.82. The van der Waals surface area contributed by atoms with E-state index >= 15 is 0 Å². The summed E-state index contributed by atoms with van der Waals surface area (Å²) in [5.74, 6) is 0. The van der Waals surface area contributed by atoms with Crippen molar-refractivity contribution in [2.75, 3.05) is 0 Å². The molecule has 0 unspecified atom stereocenters. The molecule has 0 aliphatic rings. The van der Waals surface area contributed by atoms with Crippen molar-refractivity contribution >= 4 is 55.4 Å². The van der Waals surface area contributed by atoms with Crippen LogP contribution in [0.15, 0.2) is 72.8 Å². The van der Waals surface area contributed by atoms with E-state index in [4.69, 9.17) is 9.64 Å². The van der Waals surface area contributed by atoms with Gasteiger partial charge in [0.1, 0.15) is 0 Å². The number of rotatable bonds is 5. The average Bonchev–Trinajstić information content (AvgIpc) is 3.17. The maximum atomic E-state index is 10.3. The molecule has 0 amide bonds. The van der Waals surface area contributed by atoms with Crippen LogP contribution in [0, 0.1) is 0 Å². The molecule has 3 nitrogen and oxygen atoms in total. The van der Waals surface area contributed by atoms with Crippen LogP contribution in [0.4, 0.5) is 0 Å². The largest absolute Gasteiger partial charge is 0.427 e. The first-order valence-electron chi connectivity index (χ1n) is 10.8. The summed E-state index contributed by atoms with van der Waals surface area (Å²) in [7, 11) is 1.71. The van der Waals surface area contributed by atoms with Crippen molar-refractivity contribution in [2.24, 2.45) is 0 Å². The molecule has 1 radical (unpaired) electrons. The smallest absolute Gasteiger partial charge is 0.330 e. The number of hydrogen-bond donors (Lipinski definition) is 1. The van der Waals surface area contributed by atoms with Gasteiger partial charge in [-0.25, -0.2) is 4.98 Å². The van der Waals surface area contributed by atoms with Gasteiger partial charge in [0.05, 0.1) is 27.1 Å². The molecule has 159 valence electrons. The number of para-hydroxylation sites is 1. The van der Waals surface area contributed by atoms with Gasteiger partial charge in [-0.15, -0.1) is 11.3 Å². The standard InChI is InChI=1S/C27H25BNO2S/c1-26(2,30)27(3,4)31-28-18-15-13-17(14-16-18)24-25-23(19-9-5-7-11-21(19)29-24)20-10-6-8-12-22(20)32-25/h5-16,30H,1-4H3. The summed E-state index contributed by atoms with van der Waals surface area (Å²) < 4.78 is 8.39. The summed E-state index contributed by atoms with van der Waals surface area (Å²) in [4.78, 5) is 5.05. The van der Waals surface area contributed by atoms with E-state index in [1.807, 2.05) is 32.0 Å². The molecular weight excluding hydrogens is 413 g/mol. The van der Waals surface area contributed by atoms with Gasteiger partial charge in [-0.3, -0.25) is 0 Å². The highest BCUT2D eigenvalue weighted by Crippen LogP contribution is 2.42. The van der Waals surface area contributed by atoms with Gasteiger partial charge in [-0.2, -0.15) is 0 Å². The van der Waals surface area contributed by atoms with Crippen molar-refractivity contribution in [1.82, 2.24) is 4.98 Å². The van der Waals surface area contributed by atoms with E-state index in [1.54, 1.807) is 32.7 Å². The molecule has 5 heteroatoms. The lowest BCUT2D eigenvalue weighted by Crippen LogP contribution is -2.49.